The minimum absolute atomic E-state index is 0.0101. The van der Waals surface area contributed by atoms with Crippen LogP contribution in [0.1, 0.15) is 11.1 Å². The summed E-state index contributed by atoms with van der Waals surface area (Å²) in [5.74, 6) is 0.469. The van der Waals surface area contributed by atoms with Gasteiger partial charge in [0.05, 0.1) is 11.5 Å². The first-order chi connectivity index (χ1) is 11.5. The van der Waals surface area contributed by atoms with Gasteiger partial charge in [-0.15, -0.1) is 0 Å². The fourth-order valence-electron chi connectivity index (χ4n) is 1.95. The summed E-state index contributed by atoms with van der Waals surface area (Å²) >= 11 is 0. The number of ether oxygens (including phenoxy) is 1. The van der Waals surface area contributed by atoms with E-state index in [-0.39, 0.29) is 11.6 Å². The fraction of sp³-hybridized carbons (Fsp3) is 0.167. The number of carbonyl (C=O) groups excluding carboxylic acids is 1. The summed E-state index contributed by atoms with van der Waals surface area (Å²) in [4.78, 5) is 21.9. The fourth-order valence-corrected chi connectivity index (χ4v) is 1.95. The van der Waals surface area contributed by atoms with Crippen molar-refractivity contribution in [2.75, 3.05) is 13.2 Å². The molecule has 0 aliphatic heterocycles. The largest absolute Gasteiger partial charge is 0.492 e. The molecule has 0 aliphatic rings. The second-order valence-corrected chi connectivity index (χ2v) is 5.14. The number of nitrogens with zero attached hydrogens (tertiary/aromatic N) is 1. The maximum atomic E-state index is 11.7. The van der Waals surface area contributed by atoms with Crippen LogP contribution >= 0.6 is 0 Å². The minimum atomic E-state index is -0.472. The number of amides is 1. The molecule has 0 saturated carbocycles. The molecule has 0 atom stereocenters. The van der Waals surface area contributed by atoms with Crippen LogP contribution in [0.2, 0.25) is 0 Å². The number of nitro benzene ring substituents is 1. The molecule has 6 nitrogen and oxygen atoms in total. The number of aryl methyl sites for hydroxylation is 1. The Labute approximate surface area is 139 Å². The van der Waals surface area contributed by atoms with Crippen molar-refractivity contribution in [2.45, 2.75) is 6.92 Å². The molecule has 2 aromatic rings. The predicted octanol–water partition coefficient (Wildman–Crippen LogP) is 3.11. The third kappa shape index (κ3) is 5.57. The van der Waals surface area contributed by atoms with Gasteiger partial charge in [-0.1, -0.05) is 29.8 Å². The molecule has 0 heterocycles. The lowest BCUT2D eigenvalue weighted by atomic mass is 10.2. The van der Waals surface area contributed by atoms with Gasteiger partial charge in [-0.2, -0.15) is 0 Å². The molecule has 2 rings (SSSR count). The molecule has 0 saturated heterocycles. The standard InChI is InChI=1S/C18H18N2O4/c1-14-5-8-17(9-6-14)24-12-11-19-18(21)10-7-15-3-2-4-16(13-15)20(22)23/h2-10,13H,11-12H2,1H3,(H,19,21)/b10-7+. The van der Waals surface area contributed by atoms with E-state index in [0.717, 1.165) is 11.3 Å². The van der Waals surface area contributed by atoms with Crippen molar-refractivity contribution in [3.05, 3.63) is 75.8 Å². The van der Waals surface area contributed by atoms with Gasteiger partial charge in [0.25, 0.3) is 5.69 Å². The Hall–Kier alpha value is -3.15. The van der Waals surface area contributed by atoms with Crippen molar-refractivity contribution in [3.63, 3.8) is 0 Å². The molecule has 0 spiro atoms. The van der Waals surface area contributed by atoms with Gasteiger partial charge in [-0.25, -0.2) is 0 Å². The molecule has 0 aromatic heterocycles. The predicted molar refractivity (Wildman–Crippen MR) is 91.8 cm³/mol. The Morgan fingerprint density at radius 1 is 1.25 bits per heavy atom. The van der Waals surface area contributed by atoms with Crippen LogP contribution in [0.3, 0.4) is 0 Å². The first-order valence-electron chi connectivity index (χ1n) is 7.44. The first kappa shape index (κ1) is 17.2. The quantitative estimate of drug-likeness (QED) is 0.367. The summed E-state index contributed by atoms with van der Waals surface area (Å²) in [6.07, 6.45) is 2.87. The summed E-state index contributed by atoms with van der Waals surface area (Å²) < 4.78 is 5.50. The summed E-state index contributed by atoms with van der Waals surface area (Å²) in [6.45, 7) is 2.73. The SMILES string of the molecule is Cc1ccc(OCCNC(=O)/C=C/c2cccc([N+](=O)[O-])c2)cc1. The molecule has 124 valence electrons. The maximum absolute atomic E-state index is 11.7. The van der Waals surface area contributed by atoms with E-state index >= 15 is 0 Å². The molecule has 1 N–H and O–H groups in total. The van der Waals surface area contributed by atoms with Crippen molar-refractivity contribution in [1.29, 1.82) is 0 Å². The Balaban J connectivity index is 1.75. The Bertz CT molecular complexity index is 739. The van der Waals surface area contributed by atoms with Crippen LogP contribution in [0.15, 0.2) is 54.6 Å². The zero-order chi connectivity index (χ0) is 17.4. The highest BCUT2D eigenvalue weighted by Gasteiger charge is 2.04. The zero-order valence-corrected chi connectivity index (χ0v) is 13.3. The van der Waals surface area contributed by atoms with Crippen LogP contribution < -0.4 is 10.1 Å². The number of carbonyl (C=O) groups is 1. The Morgan fingerprint density at radius 2 is 2.00 bits per heavy atom. The molecule has 0 aliphatic carbocycles. The lowest BCUT2D eigenvalue weighted by Gasteiger charge is -2.06. The van der Waals surface area contributed by atoms with E-state index in [0.29, 0.717) is 18.7 Å². The molecule has 1 amide bonds. The average molecular weight is 326 g/mol. The highest BCUT2D eigenvalue weighted by atomic mass is 16.6. The van der Waals surface area contributed by atoms with Crippen molar-refractivity contribution >= 4 is 17.7 Å². The Morgan fingerprint density at radius 3 is 2.71 bits per heavy atom. The number of hydrogen-bond acceptors (Lipinski definition) is 4. The highest BCUT2D eigenvalue weighted by molar-refractivity contribution is 5.91. The summed E-state index contributed by atoms with van der Waals surface area (Å²) in [5.41, 5.74) is 1.74. The highest BCUT2D eigenvalue weighted by Crippen LogP contribution is 2.14. The number of hydrogen-bond donors (Lipinski definition) is 1. The van der Waals surface area contributed by atoms with E-state index < -0.39 is 4.92 Å². The maximum Gasteiger partial charge on any atom is 0.270 e. The van der Waals surface area contributed by atoms with E-state index in [1.165, 1.54) is 24.3 Å². The van der Waals surface area contributed by atoms with E-state index in [4.69, 9.17) is 4.74 Å². The van der Waals surface area contributed by atoms with E-state index in [1.54, 1.807) is 12.1 Å². The van der Waals surface area contributed by atoms with Gasteiger partial charge in [0.2, 0.25) is 5.91 Å². The normalized spacial score (nSPS) is 10.5. The number of benzene rings is 2. The molecule has 0 radical (unpaired) electrons. The average Bonchev–Trinajstić information content (AvgIpc) is 2.58. The van der Waals surface area contributed by atoms with E-state index in [1.807, 2.05) is 31.2 Å². The van der Waals surface area contributed by atoms with Crippen molar-refractivity contribution in [1.82, 2.24) is 5.32 Å². The monoisotopic (exact) mass is 326 g/mol. The van der Waals surface area contributed by atoms with E-state index in [2.05, 4.69) is 5.32 Å². The van der Waals surface area contributed by atoms with Crippen LogP contribution in [-0.4, -0.2) is 24.0 Å². The first-order valence-corrected chi connectivity index (χ1v) is 7.44. The van der Waals surface area contributed by atoms with Gasteiger partial charge in [-0.05, 0) is 30.7 Å². The molecular weight excluding hydrogens is 308 g/mol. The minimum Gasteiger partial charge on any atom is -0.492 e. The second kappa shape index (κ2) is 8.47. The zero-order valence-electron chi connectivity index (χ0n) is 13.3. The van der Waals surface area contributed by atoms with Crippen LogP contribution in [0.25, 0.3) is 6.08 Å². The molecular formula is C18H18N2O4. The van der Waals surface area contributed by atoms with Crippen molar-refractivity contribution in [3.8, 4) is 5.75 Å². The van der Waals surface area contributed by atoms with Crippen LogP contribution in [0.4, 0.5) is 5.69 Å². The summed E-state index contributed by atoms with van der Waals surface area (Å²) in [7, 11) is 0. The molecule has 2 aromatic carbocycles. The molecule has 0 unspecified atom stereocenters. The van der Waals surface area contributed by atoms with Crippen LogP contribution in [0.5, 0.6) is 5.75 Å². The summed E-state index contributed by atoms with van der Waals surface area (Å²) in [5, 5.41) is 13.4. The van der Waals surface area contributed by atoms with Gasteiger partial charge in [0, 0.05) is 18.2 Å². The Kier molecular flexibility index (Phi) is 6.08. The number of non-ortho nitro benzene ring substituents is 1. The second-order valence-electron chi connectivity index (χ2n) is 5.14. The lowest BCUT2D eigenvalue weighted by molar-refractivity contribution is -0.384. The van der Waals surface area contributed by atoms with Gasteiger partial charge in [-0.3, -0.25) is 14.9 Å². The number of nitrogens with one attached hydrogen (secondary N) is 1. The van der Waals surface area contributed by atoms with Crippen molar-refractivity contribution < 1.29 is 14.5 Å². The van der Waals surface area contributed by atoms with Crippen LogP contribution in [0, 0.1) is 17.0 Å². The van der Waals surface area contributed by atoms with Crippen molar-refractivity contribution in [2.24, 2.45) is 0 Å². The smallest absolute Gasteiger partial charge is 0.270 e. The van der Waals surface area contributed by atoms with E-state index in [9.17, 15) is 14.9 Å². The third-order valence-electron chi connectivity index (χ3n) is 3.20. The van der Waals surface area contributed by atoms with Gasteiger partial charge in [0.1, 0.15) is 12.4 Å². The number of nitro groups is 1. The summed E-state index contributed by atoms with van der Waals surface area (Å²) in [6, 6.07) is 13.7. The molecule has 0 bridgehead atoms. The number of rotatable bonds is 7. The van der Waals surface area contributed by atoms with Gasteiger partial charge in [0.15, 0.2) is 0 Å². The van der Waals surface area contributed by atoms with Crippen LogP contribution in [-0.2, 0) is 4.79 Å². The van der Waals surface area contributed by atoms with Gasteiger partial charge >= 0.3 is 0 Å². The molecule has 6 heteroatoms. The van der Waals surface area contributed by atoms with Gasteiger partial charge < -0.3 is 10.1 Å². The molecule has 0 fully saturated rings. The lowest BCUT2D eigenvalue weighted by Crippen LogP contribution is -2.26. The molecule has 24 heavy (non-hydrogen) atoms. The topological polar surface area (TPSA) is 81.5 Å². The third-order valence-corrected chi connectivity index (χ3v) is 3.20.